The van der Waals surface area contributed by atoms with Gasteiger partial charge in [-0.05, 0) is 58.5 Å². The summed E-state index contributed by atoms with van der Waals surface area (Å²) in [5.41, 5.74) is 3.01. The lowest BCUT2D eigenvalue weighted by Crippen LogP contribution is -2.39. The smallest absolute Gasteiger partial charge is 0.252 e. The molecule has 1 aliphatic carbocycles. The minimum atomic E-state index is -0.262. The lowest BCUT2D eigenvalue weighted by molar-refractivity contribution is -0.121. The standard InChI is InChI=1S/C19H19BrN2O2/c20-16-10-4-3-9-15(16)19(24)21-12-18(23)22-17-11-5-7-13-6-1-2-8-14(13)17/h1-4,6,8-10,17H,5,7,11-12H2,(H,21,24)(H,22,23)/t17-/m0/s1. The van der Waals surface area contributed by atoms with Crippen LogP contribution in [-0.2, 0) is 11.2 Å². The first-order valence-electron chi connectivity index (χ1n) is 8.05. The third kappa shape index (κ3) is 3.85. The zero-order chi connectivity index (χ0) is 16.9. The second kappa shape index (κ2) is 7.62. The van der Waals surface area contributed by atoms with E-state index in [4.69, 9.17) is 0 Å². The van der Waals surface area contributed by atoms with E-state index in [1.165, 1.54) is 11.1 Å². The average Bonchev–Trinajstić information content (AvgIpc) is 2.60. The van der Waals surface area contributed by atoms with Gasteiger partial charge in [-0.2, -0.15) is 0 Å². The van der Waals surface area contributed by atoms with Crippen LogP contribution in [0.4, 0.5) is 0 Å². The van der Waals surface area contributed by atoms with Gasteiger partial charge >= 0.3 is 0 Å². The van der Waals surface area contributed by atoms with Crippen LogP contribution in [0.3, 0.4) is 0 Å². The monoisotopic (exact) mass is 386 g/mol. The van der Waals surface area contributed by atoms with E-state index in [0.717, 1.165) is 19.3 Å². The van der Waals surface area contributed by atoms with Gasteiger partial charge in [0.25, 0.3) is 5.91 Å². The van der Waals surface area contributed by atoms with Gasteiger partial charge in [0.05, 0.1) is 18.2 Å². The number of amides is 2. The molecule has 5 heteroatoms. The van der Waals surface area contributed by atoms with Crippen molar-refractivity contribution in [3.8, 4) is 0 Å². The number of benzene rings is 2. The molecule has 0 spiro atoms. The molecule has 0 aromatic heterocycles. The van der Waals surface area contributed by atoms with E-state index in [2.05, 4.69) is 38.7 Å². The van der Waals surface area contributed by atoms with Crippen LogP contribution in [0.5, 0.6) is 0 Å². The fourth-order valence-electron chi connectivity index (χ4n) is 3.05. The topological polar surface area (TPSA) is 58.2 Å². The molecular weight excluding hydrogens is 368 g/mol. The SMILES string of the molecule is O=C(CNC(=O)c1ccccc1Br)N[C@H]1CCCc2ccccc21. The summed E-state index contributed by atoms with van der Waals surface area (Å²) in [5, 5.41) is 5.70. The summed E-state index contributed by atoms with van der Waals surface area (Å²) in [6, 6.07) is 15.4. The minimum Gasteiger partial charge on any atom is -0.348 e. The fraction of sp³-hybridized carbons (Fsp3) is 0.263. The zero-order valence-corrected chi connectivity index (χ0v) is 14.8. The third-order valence-corrected chi connectivity index (χ3v) is 4.92. The van der Waals surface area contributed by atoms with Gasteiger partial charge in [-0.3, -0.25) is 9.59 Å². The predicted molar refractivity (Wildman–Crippen MR) is 96.7 cm³/mol. The Labute approximate surface area is 149 Å². The van der Waals surface area contributed by atoms with Gasteiger partial charge in [-0.15, -0.1) is 0 Å². The first-order valence-corrected chi connectivity index (χ1v) is 8.84. The zero-order valence-electron chi connectivity index (χ0n) is 13.2. The molecule has 0 unspecified atom stereocenters. The summed E-state index contributed by atoms with van der Waals surface area (Å²) < 4.78 is 0.712. The van der Waals surface area contributed by atoms with Crippen LogP contribution in [0.1, 0.15) is 40.4 Å². The van der Waals surface area contributed by atoms with Gasteiger partial charge in [-0.25, -0.2) is 0 Å². The Morgan fingerprint density at radius 2 is 1.83 bits per heavy atom. The fourth-order valence-corrected chi connectivity index (χ4v) is 3.52. The van der Waals surface area contributed by atoms with Crippen LogP contribution in [0, 0.1) is 0 Å². The van der Waals surface area contributed by atoms with Gasteiger partial charge in [0.15, 0.2) is 0 Å². The lowest BCUT2D eigenvalue weighted by Gasteiger charge is -2.26. The lowest BCUT2D eigenvalue weighted by atomic mass is 9.88. The second-order valence-electron chi connectivity index (χ2n) is 5.87. The number of rotatable bonds is 4. The molecule has 0 saturated heterocycles. The van der Waals surface area contributed by atoms with Crippen molar-refractivity contribution in [2.75, 3.05) is 6.54 Å². The van der Waals surface area contributed by atoms with Crippen molar-refractivity contribution in [3.63, 3.8) is 0 Å². The molecule has 124 valence electrons. The molecule has 3 rings (SSSR count). The Balaban J connectivity index is 1.57. The van der Waals surface area contributed by atoms with E-state index in [1.807, 2.05) is 18.2 Å². The molecule has 2 N–H and O–H groups in total. The van der Waals surface area contributed by atoms with Gasteiger partial charge in [-0.1, -0.05) is 36.4 Å². The van der Waals surface area contributed by atoms with Crippen LogP contribution in [0.2, 0.25) is 0 Å². The molecule has 0 saturated carbocycles. The normalized spacial score (nSPS) is 16.1. The highest BCUT2D eigenvalue weighted by molar-refractivity contribution is 9.10. The van der Waals surface area contributed by atoms with E-state index in [0.29, 0.717) is 10.0 Å². The van der Waals surface area contributed by atoms with Crippen molar-refractivity contribution >= 4 is 27.7 Å². The Kier molecular flexibility index (Phi) is 5.30. The molecular formula is C19H19BrN2O2. The second-order valence-corrected chi connectivity index (χ2v) is 6.73. The Bertz CT molecular complexity index is 761. The first-order chi connectivity index (χ1) is 11.6. The number of hydrogen-bond donors (Lipinski definition) is 2. The highest BCUT2D eigenvalue weighted by Crippen LogP contribution is 2.29. The van der Waals surface area contributed by atoms with Gasteiger partial charge in [0.1, 0.15) is 0 Å². The van der Waals surface area contributed by atoms with Crippen molar-refractivity contribution in [2.24, 2.45) is 0 Å². The number of fused-ring (bicyclic) bond motifs is 1. The predicted octanol–water partition coefficient (Wildman–Crippen LogP) is 3.37. The van der Waals surface area contributed by atoms with Crippen molar-refractivity contribution in [2.45, 2.75) is 25.3 Å². The molecule has 24 heavy (non-hydrogen) atoms. The average molecular weight is 387 g/mol. The van der Waals surface area contributed by atoms with Gasteiger partial charge < -0.3 is 10.6 Å². The van der Waals surface area contributed by atoms with Crippen LogP contribution in [-0.4, -0.2) is 18.4 Å². The molecule has 2 aromatic rings. The first kappa shape index (κ1) is 16.7. The van der Waals surface area contributed by atoms with Crippen LogP contribution in [0.25, 0.3) is 0 Å². The van der Waals surface area contributed by atoms with E-state index < -0.39 is 0 Å². The summed E-state index contributed by atoms with van der Waals surface area (Å²) in [4.78, 5) is 24.3. The van der Waals surface area contributed by atoms with Crippen LogP contribution < -0.4 is 10.6 Å². The molecule has 4 nitrogen and oxygen atoms in total. The molecule has 0 radical (unpaired) electrons. The summed E-state index contributed by atoms with van der Waals surface area (Å²) in [6.07, 6.45) is 3.05. The van der Waals surface area contributed by atoms with Gasteiger partial charge in [0, 0.05) is 4.47 Å². The molecule has 1 atom stereocenters. The maximum Gasteiger partial charge on any atom is 0.252 e. The van der Waals surface area contributed by atoms with E-state index in [-0.39, 0.29) is 24.4 Å². The highest BCUT2D eigenvalue weighted by Gasteiger charge is 2.21. The van der Waals surface area contributed by atoms with E-state index >= 15 is 0 Å². The number of aryl methyl sites for hydroxylation is 1. The van der Waals surface area contributed by atoms with E-state index in [9.17, 15) is 9.59 Å². The number of hydrogen-bond acceptors (Lipinski definition) is 2. The van der Waals surface area contributed by atoms with Crippen molar-refractivity contribution in [1.29, 1.82) is 0 Å². The third-order valence-electron chi connectivity index (χ3n) is 4.23. The summed E-state index contributed by atoms with van der Waals surface area (Å²) in [7, 11) is 0. The number of nitrogens with one attached hydrogen (secondary N) is 2. The molecule has 2 aromatic carbocycles. The van der Waals surface area contributed by atoms with Gasteiger partial charge in [0.2, 0.25) is 5.91 Å². The largest absolute Gasteiger partial charge is 0.348 e. The molecule has 0 fully saturated rings. The molecule has 2 amide bonds. The highest BCUT2D eigenvalue weighted by atomic mass is 79.9. The molecule has 0 bridgehead atoms. The maximum absolute atomic E-state index is 12.2. The Hall–Kier alpha value is -2.14. The van der Waals surface area contributed by atoms with Crippen molar-refractivity contribution < 1.29 is 9.59 Å². The summed E-state index contributed by atoms with van der Waals surface area (Å²) in [5.74, 6) is -0.432. The Morgan fingerprint density at radius 3 is 2.67 bits per heavy atom. The van der Waals surface area contributed by atoms with Crippen LogP contribution >= 0.6 is 15.9 Å². The Morgan fingerprint density at radius 1 is 1.08 bits per heavy atom. The molecule has 0 aliphatic heterocycles. The number of carbonyl (C=O) groups excluding carboxylic acids is 2. The van der Waals surface area contributed by atoms with Crippen molar-refractivity contribution in [1.82, 2.24) is 10.6 Å². The summed E-state index contributed by atoms with van der Waals surface area (Å²) in [6.45, 7) is -0.0289. The molecule has 0 heterocycles. The van der Waals surface area contributed by atoms with E-state index in [1.54, 1.807) is 18.2 Å². The van der Waals surface area contributed by atoms with Crippen LogP contribution in [0.15, 0.2) is 53.0 Å². The quantitative estimate of drug-likeness (QED) is 0.845. The number of carbonyl (C=O) groups is 2. The van der Waals surface area contributed by atoms with Crippen molar-refractivity contribution in [3.05, 3.63) is 69.7 Å². The maximum atomic E-state index is 12.2. The number of halogens is 1. The summed E-state index contributed by atoms with van der Waals surface area (Å²) >= 11 is 3.34. The minimum absolute atomic E-state index is 0.0289. The molecule has 1 aliphatic rings.